The number of carbonyl (C=O) groups excluding carboxylic acids is 1. The molecular weight excluding hydrogens is 192 g/mol. The van der Waals surface area contributed by atoms with Crippen LogP contribution >= 0.6 is 0 Å². The molecule has 0 atom stereocenters. The van der Waals surface area contributed by atoms with Crippen LogP contribution in [-0.4, -0.2) is 29.5 Å². The Kier molecular flexibility index (Phi) is 4.90. The van der Waals surface area contributed by atoms with Gasteiger partial charge in [0.05, 0.1) is 12.1 Å². The summed E-state index contributed by atoms with van der Waals surface area (Å²) in [5.74, 6) is 0.0404. The van der Waals surface area contributed by atoms with Crippen molar-refractivity contribution in [3.8, 4) is 0 Å². The second-order valence-electron chi connectivity index (χ2n) is 3.40. The molecule has 82 valence electrons. The lowest BCUT2D eigenvalue weighted by molar-refractivity contribution is -0.122. The van der Waals surface area contributed by atoms with Crippen LogP contribution in [0.15, 0.2) is 12.4 Å². The summed E-state index contributed by atoms with van der Waals surface area (Å²) in [7, 11) is 1.51. The Morgan fingerprint density at radius 3 is 2.80 bits per heavy atom. The zero-order chi connectivity index (χ0) is 11.1. The van der Waals surface area contributed by atoms with Crippen LogP contribution in [-0.2, 0) is 22.4 Å². The van der Waals surface area contributed by atoms with Gasteiger partial charge in [0, 0.05) is 12.8 Å². The van der Waals surface area contributed by atoms with E-state index in [1.807, 2.05) is 6.07 Å². The lowest BCUT2D eigenvalue weighted by Crippen LogP contribution is -2.11. The predicted octanol–water partition coefficient (Wildman–Crippen LogP) is 1.19. The molecule has 4 nitrogen and oxygen atoms in total. The van der Waals surface area contributed by atoms with Gasteiger partial charge in [0.1, 0.15) is 12.9 Å². The summed E-state index contributed by atoms with van der Waals surface area (Å²) < 4.78 is 4.76. The molecule has 0 fully saturated rings. The van der Waals surface area contributed by atoms with Crippen molar-refractivity contribution < 1.29 is 9.53 Å². The van der Waals surface area contributed by atoms with E-state index < -0.39 is 0 Å². The number of ketones is 1. The fraction of sp³-hybridized carbons (Fsp3) is 0.545. The minimum absolute atomic E-state index is 0.0404. The highest BCUT2D eigenvalue weighted by Gasteiger charge is 2.05. The molecule has 0 aliphatic heterocycles. The summed E-state index contributed by atoms with van der Waals surface area (Å²) >= 11 is 0. The first-order valence-corrected chi connectivity index (χ1v) is 5.06. The maximum atomic E-state index is 11.3. The third-order valence-corrected chi connectivity index (χ3v) is 1.97. The first-order chi connectivity index (χ1) is 7.26. The maximum absolute atomic E-state index is 11.3. The van der Waals surface area contributed by atoms with Crippen molar-refractivity contribution in [1.82, 2.24) is 9.97 Å². The molecule has 1 rings (SSSR count). The van der Waals surface area contributed by atoms with Gasteiger partial charge in [0.15, 0.2) is 5.78 Å². The van der Waals surface area contributed by atoms with Gasteiger partial charge in [0.2, 0.25) is 0 Å². The van der Waals surface area contributed by atoms with Crippen molar-refractivity contribution in [2.75, 3.05) is 13.7 Å². The van der Waals surface area contributed by atoms with Crippen molar-refractivity contribution in [1.29, 1.82) is 0 Å². The van der Waals surface area contributed by atoms with Crippen LogP contribution in [0.3, 0.4) is 0 Å². The number of Topliss-reactive ketones (excluding diaryl/α,β-unsaturated/α-hetero) is 1. The van der Waals surface area contributed by atoms with E-state index >= 15 is 0 Å². The summed E-state index contributed by atoms with van der Waals surface area (Å²) in [6.45, 7) is 2.24. The van der Waals surface area contributed by atoms with Gasteiger partial charge in [0.25, 0.3) is 0 Å². The minimum Gasteiger partial charge on any atom is -0.377 e. The molecule has 1 aromatic heterocycles. The fourth-order valence-corrected chi connectivity index (χ4v) is 1.35. The van der Waals surface area contributed by atoms with Crippen molar-refractivity contribution in [3.63, 3.8) is 0 Å². The van der Waals surface area contributed by atoms with E-state index in [0.29, 0.717) is 6.42 Å². The number of methoxy groups -OCH3 is 1. The molecule has 0 saturated heterocycles. The van der Waals surface area contributed by atoms with Gasteiger partial charge in [-0.2, -0.15) is 0 Å². The number of ether oxygens (including phenoxy) is 1. The molecule has 0 amide bonds. The third-order valence-electron chi connectivity index (χ3n) is 1.97. The first kappa shape index (κ1) is 11.8. The van der Waals surface area contributed by atoms with E-state index in [-0.39, 0.29) is 12.4 Å². The van der Waals surface area contributed by atoms with Gasteiger partial charge in [-0.05, 0) is 12.5 Å². The van der Waals surface area contributed by atoms with Gasteiger partial charge in [-0.1, -0.05) is 13.3 Å². The van der Waals surface area contributed by atoms with Crippen molar-refractivity contribution in [2.45, 2.75) is 26.2 Å². The molecule has 0 N–H and O–H groups in total. The number of nitrogens with zero attached hydrogens (tertiary/aromatic N) is 2. The Labute approximate surface area is 89.7 Å². The average Bonchev–Trinajstić information content (AvgIpc) is 2.19. The van der Waals surface area contributed by atoms with Crippen LogP contribution in [0.2, 0.25) is 0 Å². The Bertz CT molecular complexity index is 326. The summed E-state index contributed by atoms with van der Waals surface area (Å²) in [4.78, 5) is 19.5. The monoisotopic (exact) mass is 208 g/mol. The number of rotatable bonds is 6. The van der Waals surface area contributed by atoms with E-state index in [4.69, 9.17) is 4.74 Å². The molecule has 0 radical (unpaired) electrons. The van der Waals surface area contributed by atoms with Crippen molar-refractivity contribution >= 4 is 5.78 Å². The lowest BCUT2D eigenvalue weighted by Gasteiger charge is -2.01. The van der Waals surface area contributed by atoms with E-state index in [2.05, 4.69) is 16.9 Å². The second-order valence-corrected chi connectivity index (χ2v) is 3.40. The summed E-state index contributed by atoms with van der Waals surface area (Å²) in [5.41, 5.74) is 1.77. The number of carbonyl (C=O) groups is 1. The second kappa shape index (κ2) is 6.24. The maximum Gasteiger partial charge on any atom is 0.164 e. The molecular formula is C11H16N2O2. The van der Waals surface area contributed by atoms with Crippen LogP contribution in [0.5, 0.6) is 0 Å². The smallest absolute Gasteiger partial charge is 0.164 e. The molecule has 0 aliphatic rings. The fourth-order valence-electron chi connectivity index (χ4n) is 1.35. The average molecular weight is 208 g/mol. The molecule has 4 heteroatoms. The van der Waals surface area contributed by atoms with E-state index in [1.165, 1.54) is 13.4 Å². The topological polar surface area (TPSA) is 52.1 Å². The number of hydrogen-bond acceptors (Lipinski definition) is 4. The number of aromatic nitrogens is 2. The van der Waals surface area contributed by atoms with Gasteiger partial charge in [-0.25, -0.2) is 9.97 Å². The molecule has 0 spiro atoms. The third kappa shape index (κ3) is 4.16. The normalized spacial score (nSPS) is 10.3. The summed E-state index contributed by atoms with van der Waals surface area (Å²) in [6, 6.07) is 1.89. The minimum atomic E-state index is 0.0404. The highest BCUT2D eigenvalue weighted by molar-refractivity contribution is 5.81. The lowest BCUT2D eigenvalue weighted by atomic mass is 10.1. The van der Waals surface area contributed by atoms with Gasteiger partial charge in [-0.15, -0.1) is 0 Å². The van der Waals surface area contributed by atoms with E-state index in [1.54, 1.807) is 0 Å². The first-order valence-electron chi connectivity index (χ1n) is 5.06. The van der Waals surface area contributed by atoms with Crippen LogP contribution in [0.4, 0.5) is 0 Å². The van der Waals surface area contributed by atoms with Crippen molar-refractivity contribution in [3.05, 3.63) is 23.8 Å². The molecule has 0 saturated carbocycles. The van der Waals surface area contributed by atoms with Gasteiger partial charge in [-0.3, -0.25) is 4.79 Å². The van der Waals surface area contributed by atoms with Crippen molar-refractivity contribution in [2.24, 2.45) is 0 Å². The Hall–Kier alpha value is -1.29. The zero-order valence-corrected chi connectivity index (χ0v) is 9.19. The molecule has 0 unspecified atom stereocenters. The molecule has 1 aromatic rings. The van der Waals surface area contributed by atoms with Crippen LogP contribution in [0, 0.1) is 0 Å². The highest BCUT2D eigenvalue weighted by Crippen LogP contribution is 2.02. The Morgan fingerprint density at radius 2 is 2.13 bits per heavy atom. The zero-order valence-electron chi connectivity index (χ0n) is 9.19. The standard InChI is InChI=1S/C11H16N2O2/c1-3-4-9-5-10(13-8-12-9)6-11(14)7-15-2/h5,8H,3-4,6-7H2,1-2H3. The molecule has 0 aromatic carbocycles. The Balaban J connectivity index is 2.60. The molecule has 0 aliphatic carbocycles. The predicted molar refractivity (Wildman–Crippen MR) is 56.6 cm³/mol. The van der Waals surface area contributed by atoms with Crippen LogP contribution in [0.1, 0.15) is 24.7 Å². The summed E-state index contributed by atoms with van der Waals surface area (Å²) in [5, 5.41) is 0. The SMILES string of the molecule is CCCc1cc(CC(=O)COC)ncn1. The highest BCUT2D eigenvalue weighted by atomic mass is 16.5. The molecule has 0 bridgehead atoms. The van der Waals surface area contributed by atoms with Gasteiger partial charge >= 0.3 is 0 Å². The Morgan fingerprint density at radius 1 is 1.40 bits per heavy atom. The van der Waals surface area contributed by atoms with Crippen LogP contribution < -0.4 is 0 Å². The van der Waals surface area contributed by atoms with Crippen LogP contribution in [0.25, 0.3) is 0 Å². The number of aryl methyl sites for hydroxylation is 1. The molecule has 15 heavy (non-hydrogen) atoms. The van der Waals surface area contributed by atoms with E-state index in [9.17, 15) is 4.79 Å². The quantitative estimate of drug-likeness (QED) is 0.704. The molecule has 1 heterocycles. The largest absolute Gasteiger partial charge is 0.377 e. The summed E-state index contributed by atoms with van der Waals surface area (Å²) in [6.07, 6.45) is 3.81. The van der Waals surface area contributed by atoms with E-state index in [0.717, 1.165) is 24.2 Å². The van der Waals surface area contributed by atoms with Gasteiger partial charge < -0.3 is 4.74 Å². The number of hydrogen-bond donors (Lipinski definition) is 0.